The third-order valence-electron chi connectivity index (χ3n) is 3.59. The van der Waals surface area contributed by atoms with Crippen LogP contribution in [-0.4, -0.2) is 31.0 Å². The van der Waals surface area contributed by atoms with Gasteiger partial charge in [0.15, 0.2) is 0 Å². The van der Waals surface area contributed by atoms with Crippen LogP contribution in [0, 0.1) is 11.6 Å². The van der Waals surface area contributed by atoms with Gasteiger partial charge < -0.3 is 15.0 Å². The fourth-order valence-corrected chi connectivity index (χ4v) is 2.40. The molecule has 128 valence electrons. The Morgan fingerprint density at radius 1 is 1.21 bits per heavy atom. The molecular formula is C18H20F2N2O2. The first-order valence-electron chi connectivity index (χ1n) is 7.50. The van der Waals surface area contributed by atoms with Gasteiger partial charge in [-0.25, -0.2) is 8.78 Å². The number of ether oxygens (including phenoxy) is 1. The molecule has 0 bridgehead atoms. The molecule has 0 fully saturated rings. The Hall–Kier alpha value is -2.63. The molecule has 2 rings (SSSR count). The van der Waals surface area contributed by atoms with Gasteiger partial charge >= 0.3 is 0 Å². The van der Waals surface area contributed by atoms with Gasteiger partial charge in [-0.15, -0.1) is 0 Å². The van der Waals surface area contributed by atoms with Crippen molar-refractivity contribution in [2.45, 2.75) is 19.5 Å². The number of nitrogens with zero attached hydrogens (tertiary/aromatic N) is 1. The molecule has 0 aromatic heterocycles. The molecule has 0 radical (unpaired) electrons. The summed E-state index contributed by atoms with van der Waals surface area (Å²) in [7, 11) is 3.08. The van der Waals surface area contributed by atoms with Gasteiger partial charge in [-0.3, -0.25) is 4.79 Å². The van der Waals surface area contributed by atoms with Gasteiger partial charge in [0.25, 0.3) is 0 Å². The molecule has 0 spiro atoms. The second-order valence-electron chi connectivity index (χ2n) is 5.53. The number of anilines is 1. The minimum absolute atomic E-state index is 0.175. The van der Waals surface area contributed by atoms with Crippen LogP contribution in [0.25, 0.3) is 0 Å². The van der Waals surface area contributed by atoms with Crippen LogP contribution in [0.2, 0.25) is 0 Å². The van der Waals surface area contributed by atoms with Crippen molar-refractivity contribution in [3.8, 4) is 5.75 Å². The second-order valence-corrected chi connectivity index (χ2v) is 5.53. The van der Waals surface area contributed by atoms with Gasteiger partial charge in [-0.2, -0.15) is 0 Å². The third-order valence-corrected chi connectivity index (χ3v) is 3.59. The summed E-state index contributed by atoms with van der Waals surface area (Å²) in [6.07, 6.45) is 0. The fourth-order valence-electron chi connectivity index (χ4n) is 2.40. The van der Waals surface area contributed by atoms with E-state index in [-0.39, 0.29) is 11.7 Å². The second kappa shape index (κ2) is 7.77. The molecule has 1 unspecified atom stereocenters. The van der Waals surface area contributed by atoms with Crippen molar-refractivity contribution < 1.29 is 18.3 Å². The number of hydrogen-bond donors (Lipinski definition) is 1. The molecule has 0 saturated heterocycles. The van der Waals surface area contributed by atoms with Gasteiger partial charge in [-0.1, -0.05) is 12.1 Å². The van der Waals surface area contributed by atoms with E-state index in [0.29, 0.717) is 23.5 Å². The molecule has 24 heavy (non-hydrogen) atoms. The zero-order valence-corrected chi connectivity index (χ0v) is 13.8. The number of carbonyl (C=O) groups excluding carboxylic acids is 1. The summed E-state index contributed by atoms with van der Waals surface area (Å²) >= 11 is 0. The van der Waals surface area contributed by atoms with Crippen LogP contribution >= 0.6 is 0 Å². The number of benzene rings is 2. The normalized spacial score (nSPS) is 11.7. The molecular weight excluding hydrogens is 314 g/mol. The van der Waals surface area contributed by atoms with Crippen LogP contribution in [0.4, 0.5) is 14.5 Å². The maximum atomic E-state index is 13.2. The summed E-state index contributed by atoms with van der Waals surface area (Å²) in [6, 6.07) is 9.62. The molecule has 0 aliphatic carbocycles. The van der Waals surface area contributed by atoms with E-state index in [9.17, 15) is 13.6 Å². The third kappa shape index (κ3) is 4.44. The summed E-state index contributed by atoms with van der Waals surface area (Å²) in [5.74, 6) is -0.608. The topological polar surface area (TPSA) is 41.6 Å². The predicted octanol–water partition coefficient (Wildman–Crippen LogP) is 3.43. The molecule has 6 heteroatoms. The van der Waals surface area contributed by atoms with Crippen molar-refractivity contribution in [2.24, 2.45) is 0 Å². The zero-order valence-electron chi connectivity index (χ0n) is 13.8. The first-order chi connectivity index (χ1) is 11.4. The largest absolute Gasteiger partial charge is 0.494 e. The molecule has 0 aliphatic heterocycles. The summed E-state index contributed by atoms with van der Waals surface area (Å²) < 4.78 is 31.5. The molecule has 4 nitrogen and oxygen atoms in total. The van der Waals surface area contributed by atoms with Crippen molar-refractivity contribution in [2.75, 3.05) is 19.5 Å². The lowest BCUT2D eigenvalue weighted by Gasteiger charge is -2.23. The summed E-state index contributed by atoms with van der Waals surface area (Å²) in [4.78, 5) is 14.0. The van der Waals surface area contributed by atoms with Crippen LogP contribution < -0.4 is 10.1 Å². The number of methoxy groups -OCH3 is 1. The Morgan fingerprint density at radius 2 is 1.92 bits per heavy atom. The highest BCUT2D eigenvalue weighted by Gasteiger charge is 2.19. The Kier molecular flexibility index (Phi) is 5.73. The SMILES string of the molecule is COc1cc(F)ccc1NC(C)C(=O)N(C)Cc1cccc(F)c1. The van der Waals surface area contributed by atoms with Gasteiger partial charge in [-0.05, 0) is 36.8 Å². The maximum absolute atomic E-state index is 13.2. The molecule has 1 amide bonds. The van der Waals surface area contributed by atoms with Crippen molar-refractivity contribution >= 4 is 11.6 Å². The predicted molar refractivity (Wildman–Crippen MR) is 88.9 cm³/mol. The van der Waals surface area contributed by atoms with Crippen LogP contribution in [-0.2, 0) is 11.3 Å². The van der Waals surface area contributed by atoms with Crippen LogP contribution in [0.5, 0.6) is 5.75 Å². The molecule has 2 aromatic carbocycles. The quantitative estimate of drug-likeness (QED) is 0.880. The van der Waals surface area contributed by atoms with Crippen molar-refractivity contribution in [1.82, 2.24) is 4.90 Å². The Labute approximate surface area is 140 Å². The van der Waals surface area contributed by atoms with Crippen LogP contribution in [0.3, 0.4) is 0 Å². The lowest BCUT2D eigenvalue weighted by Crippen LogP contribution is -2.38. The van der Waals surface area contributed by atoms with Crippen molar-refractivity contribution in [1.29, 1.82) is 0 Å². The first-order valence-corrected chi connectivity index (χ1v) is 7.50. The van der Waals surface area contributed by atoms with Gasteiger partial charge in [0.2, 0.25) is 5.91 Å². The van der Waals surface area contributed by atoms with E-state index >= 15 is 0 Å². The standard InChI is InChI=1S/C18H20F2N2O2/c1-12(21-16-8-7-15(20)10-17(16)24-3)18(23)22(2)11-13-5-4-6-14(19)9-13/h4-10,12,21H,11H2,1-3H3. The highest BCUT2D eigenvalue weighted by atomic mass is 19.1. The van der Waals surface area contributed by atoms with Gasteiger partial charge in [0.1, 0.15) is 23.4 Å². The first kappa shape index (κ1) is 17.7. The number of hydrogen-bond acceptors (Lipinski definition) is 3. The van der Waals surface area contributed by atoms with Crippen LogP contribution in [0.15, 0.2) is 42.5 Å². The number of nitrogens with one attached hydrogen (secondary N) is 1. The minimum atomic E-state index is -0.553. The van der Waals surface area contributed by atoms with E-state index in [1.807, 2.05) is 0 Å². The van der Waals surface area contributed by atoms with Gasteiger partial charge in [0, 0.05) is 19.7 Å². The number of likely N-dealkylation sites (N-methyl/N-ethyl adjacent to an activating group) is 1. The highest BCUT2D eigenvalue weighted by Crippen LogP contribution is 2.25. The fraction of sp³-hybridized carbons (Fsp3) is 0.278. The van der Waals surface area contributed by atoms with E-state index in [0.717, 1.165) is 0 Å². The lowest BCUT2D eigenvalue weighted by molar-refractivity contribution is -0.130. The molecule has 0 aliphatic rings. The summed E-state index contributed by atoms with van der Waals surface area (Å²) in [5, 5.41) is 3.01. The average molecular weight is 334 g/mol. The van der Waals surface area contributed by atoms with E-state index in [4.69, 9.17) is 4.74 Å². The smallest absolute Gasteiger partial charge is 0.244 e. The lowest BCUT2D eigenvalue weighted by atomic mass is 10.2. The molecule has 2 aromatic rings. The van der Waals surface area contributed by atoms with E-state index < -0.39 is 11.9 Å². The molecule has 0 heterocycles. The average Bonchev–Trinajstić information content (AvgIpc) is 2.55. The number of amides is 1. The monoisotopic (exact) mass is 334 g/mol. The Balaban J connectivity index is 2.03. The number of halogens is 2. The molecule has 1 atom stereocenters. The van der Waals surface area contributed by atoms with Crippen molar-refractivity contribution in [3.63, 3.8) is 0 Å². The van der Waals surface area contributed by atoms with E-state index in [2.05, 4.69) is 5.32 Å². The number of rotatable bonds is 6. The molecule has 0 saturated carbocycles. The Morgan fingerprint density at radius 3 is 2.58 bits per heavy atom. The Bertz CT molecular complexity index is 722. The zero-order chi connectivity index (χ0) is 17.7. The van der Waals surface area contributed by atoms with E-state index in [1.165, 1.54) is 42.3 Å². The van der Waals surface area contributed by atoms with Crippen LogP contribution in [0.1, 0.15) is 12.5 Å². The highest BCUT2D eigenvalue weighted by molar-refractivity contribution is 5.84. The maximum Gasteiger partial charge on any atom is 0.244 e. The summed E-state index contributed by atoms with van der Waals surface area (Å²) in [6.45, 7) is 2.00. The van der Waals surface area contributed by atoms with E-state index in [1.54, 1.807) is 26.1 Å². The molecule has 1 N–H and O–H groups in total. The van der Waals surface area contributed by atoms with Gasteiger partial charge in [0.05, 0.1) is 12.8 Å². The summed E-state index contributed by atoms with van der Waals surface area (Å²) in [5.41, 5.74) is 1.23. The minimum Gasteiger partial charge on any atom is -0.494 e. The van der Waals surface area contributed by atoms with Crippen molar-refractivity contribution in [3.05, 3.63) is 59.7 Å². The number of carbonyl (C=O) groups is 1.